The highest BCUT2D eigenvalue weighted by molar-refractivity contribution is 5.57. The van der Waals surface area contributed by atoms with Crippen molar-refractivity contribution < 1.29 is 4.74 Å². The first-order chi connectivity index (χ1) is 9.78. The average molecular weight is 270 g/mol. The number of rotatable bonds is 3. The first-order valence-corrected chi connectivity index (χ1v) is 6.89. The fourth-order valence-electron chi connectivity index (χ4n) is 2.80. The molecular formula is C16H18N2O2. The molecule has 0 amide bonds. The zero-order chi connectivity index (χ0) is 13.9. The first-order valence-electron chi connectivity index (χ1n) is 6.89. The van der Waals surface area contributed by atoms with Crippen LogP contribution in [0, 0.1) is 0 Å². The van der Waals surface area contributed by atoms with Crippen molar-refractivity contribution in [1.82, 2.24) is 4.98 Å². The van der Waals surface area contributed by atoms with E-state index in [1.54, 1.807) is 13.2 Å². The number of hydrogen-bond acceptors (Lipinski definition) is 3. The third kappa shape index (κ3) is 2.41. The van der Waals surface area contributed by atoms with E-state index < -0.39 is 0 Å². The second-order valence-electron chi connectivity index (χ2n) is 5.05. The van der Waals surface area contributed by atoms with Crippen molar-refractivity contribution in [2.45, 2.75) is 25.3 Å². The van der Waals surface area contributed by atoms with Gasteiger partial charge in [-0.1, -0.05) is 12.1 Å². The largest absolute Gasteiger partial charge is 0.495 e. The number of nitrogens with one attached hydrogen (secondary N) is 2. The summed E-state index contributed by atoms with van der Waals surface area (Å²) >= 11 is 0. The lowest BCUT2D eigenvalue weighted by molar-refractivity contribution is 0.415. The minimum Gasteiger partial charge on any atom is -0.495 e. The normalized spacial score (nSPS) is 17.4. The van der Waals surface area contributed by atoms with Crippen molar-refractivity contribution in [3.63, 3.8) is 0 Å². The molecule has 1 aliphatic rings. The molecule has 1 unspecified atom stereocenters. The second kappa shape index (κ2) is 5.41. The van der Waals surface area contributed by atoms with E-state index in [4.69, 9.17) is 4.74 Å². The number of hydrogen-bond donors (Lipinski definition) is 2. The van der Waals surface area contributed by atoms with Gasteiger partial charge in [-0.2, -0.15) is 0 Å². The summed E-state index contributed by atoms with van der Waals surface area (Å²) in [6.07, 6.45) is 3.06. The van der Waals surface area contributed by atoms with Crippen LogP contribution in [-0.2, 0) is 6.42 Å². The molecule has 0 fully saturated rings. The number of fused-ring (bicyclic) bond motifs is 1. The van der Waals surface area contributed by atoms with Gasteiger partial charge in [0.1, 0.15) is 5.75 Å². The predicted molar refractivity (Wildman–Crippen MR) is 79.4 cm³/mol. The van der Waals surface area contributed by atoms with E-state index in [1.165, 1.54) is 5.56 Å². The molecular weight excluding hydrogens is 252 g/mol. The van der Waals surface area contributed by atoms with Crippen LogP contribution in [0.5, 0.6) is 5.75 Å². The lowest BCUT2D eigenvalue weighted by atomic mass is 9.91. The standard InChI is InChI=1S/C16H18N2O2/c1-20-15-8-3-2-5-14(15)17-12-6-4-7-13-11(12)9-10-16(19)18-13/h2-3,5,8-10,12,17H,4,6-7H2,1H3,(H,18,19). The smallest absolute Gasteiger partial charge is 0.248 e. The molecule has 104 valence electrons. The Hall–Kier alpha value is -2.23. The zero-order valence-corrected chi connectivity index (χ0v) is 11.5. The van der Waals surface area contributed by atoms with Crippen molar-refractivity contribution in [2.75, 3.05) is 12.4 Å². The predicted octanol–water partition coefficient (Wildman–Crippen LogP) is 2.87. The van der Waals surface area contributed by atoms with Gasteiger partial charge in [-0.25, -0.2) is 0 Å². The van der Waals surface area contributed by atoms with Crippen LogP contribution in [0.25, 0.3) is 0 Å². The van der Waals surface area contributed by atoms with E-state index in [9.17, 15) is 4.79 Å². The van der Waals surface area contributed by atoms with E-state index in [0.717, 1.165) is 36.4 Å². The average Bonchev–Trinajstić information content (AvgIpc) is 2.47. The number of para-hydroxylation sites is 2. The molecule has 2 aromatic rings. The third-order valence-electron chi connectivity index (χ3n) is 3.77. The van der Waals surface area contributed by atoms with Crippen LogP contribution in [-0.4, -0.2) is 12.1 Å². The van der Waals surface area contributed by atoms with Gasteiger partial charge in [0.15, 0.2) is 0 Å². The highest BCUT2D eigenvalue weighted by atomic mass is 16.5. The Bertz CT molecular complexity index is 664. The molecule has 1 aromatic heterocycles. The molecule has 1 heterocycles. The van der Waals surface area contributed by atoms with E-state index in [0.29, 0.717) is 0 Å². The summed E-state index contributed by atoms with van der Waals surface area (Å²) in [5.41, 5.74) is 3.19. The van der Waals surface area contributed by atoms with Crippen molar-refractivity contribution in [3.05, 3.63) is 58.0 Å². The topological polar surface area (TPSA) is 54.1 Å². The van der Waals surface area contributed by atoms with E-state index in [2.05, 4.69) is 10.3 Å². The summed E-state index contributed by atoms with van der Waals surface area (Å²) in [5, 5.41) is 3.53. The Labute approximate surface area is 117 Å². The molecule has 3 rings (SSSR count). The summed E-state index contributed by atoms with van der Waals surface area (Å²) < 4.78 is 5.37. The number of anilines is 1. The second-order valence-corrected chi connectivity index (χ2v) is 5.05. The summed E-state index contributed by atoms with van der Waals surface area (Å²) in [7, 11) is 1.67. The van der Waals surface area contributed by atoms with Gasteiger partial charge >= 0.3 is 0 Å². The van der Waals surface area contributed by atoms with Crippen LogP contribution in [0.15, 0.2) is 41.2 Å². The zero-order valence-electron chi connectivity index (χ0n) is 11.5. The molecule has 1 aliphatic carbocycles. The molecule has 0 saturated heterocycles. The fourth-order valence-corrected chi connectivity index (χ4v) is 2.80. The van der Waals surface area contributed by atoms with Crippen LogP contribution < -0.4 is 15.6 Å². The molecule has 20 heavy (non-hydrogen) atoms. The van der Waals surface area contributed by atoms with Crippen molar-refractivity contribution in [2.24, 2.45) is 0 Å². The summed E-state index contributed by atoms with van der Waals surface area (Å²) in [6.45, 7) is 0. The maximum Gasteiger partial charge on any atom is 0.248 e. The van der Waals surface area contributed by atoms with Crippen LogP contribution >= 0.6 is 0 Å². The van der Waals surface area contributed by atoms with Crippen molar-refractivity contribution >= 4 is 5.69 Å². The van der Waals surface area contributed by atoms with Gasteiger partial charge in [0, 0.05) is 11.8 Å². The Kier molecular flexibility index (Phi) is 3.46. The Morgan fingerprint density at radius 3 is 2.95 bits per heavy atom. The van der Waals surface area contributed by atoms with Crippen LogP contribution in [0.3, 0.4) is 0 Å². The number of aromatic nitrogens is 1. The van der Waals surface area contributed by atoms with Gasteiger partial charge in [0.25, 0.3) is 0 Å². The SMILES string of the molecule is COc1ccccc1NC1CCCc2[nH]c(=O)ccc21. The Morgan fingerprint density at radius 1 is 1.25 bits per heavy atom. The molecule has 2 N–H and O–H groups in total. The van der Waals surface area contributed by atoms with Gasteiger partial charge in [-0.05, 0) is 43.0 Å². The number of ether oxygens (including phenoxy) is 1. The number of pyridine rings is 1. The van der Waals surface area contributed by atoms with Gasteiger partial charge < -0.3 is 15.0 Å². The summed E-state index contributed by atoms with van der Waals surface area (Å²) in [6, 6.07) is 11.6. The Balaban J connectivity index is 1.91. The van der Waals surface area contributed by atoms with E-state index >= 15 is 0 Å². The number of H-pyrrole nitrogens is 1. The number of aromatic amines is 1. The third-order valence-corrected chi connectivity index (χ3v) is 3.77. The molecule has 0 bridgehead atoms. The number of benzene rings is 1. The van der Waals surface area contributed by atoms with Gasteiger partial charge in [-0.15, -0.1) is 0 Å². The molecule has 4 heteroatoms. The van der Waals surface area contributed by atoms with Crippen molar-refractivity contribution in [1.29, 1.82) is 0 Å². The molecule has 0 spiro atoms. The minimum absolute atomic E-state index is 0.0262. The van der Waals surface area contributed by atoms with Crippen LogP contribution in [0.1, 0.15) is 30.1 Å². The molecule has 1 atom stereocenters. The molecule has 1 aromatic carbocycles. The lowest BCUT2D eigenvalue weighted by Gasteiger charge is -2.27. The van der Waals surface area contributed by atoms with Gasteiger partial charge in [0.2, 0.25) is 5.56 Å². The lowest BCUT2D eigenvalue weighted by Crippen LogP contribution is -2.21. The molecule has 4 nitrogen and oxygen atoms in total. The fraction of sp³-hybridized carbons (Fsp3) is 0.312. The Morgan fingerprint density at radius 2 is 2.10 bits per heavy atom. The van der Waals surface area contributed by atoms with E-state index in [-0.39, 0.29) is 11.6 Å². The summed E-state index contributed by atoms with van der Waals surface area (Å²) in [4.78, 5) is 14.4. The van der Waals surface area contributed by atoms with Crippen molar-refractivity contribution in [3.8, 4) is 5.75 Å². The molecule has 0 radical (unpaired) electrons. The molecule has 0 saturated carbocycles. The van der Waals surface area contributed by atoms with Gasteiger partial charge in [-0.3, -0.25) is 4.79 Å². The van der Waals surface area contributed by atoms with E-state index in [1.807, 2.05) is 30.3 Å². The van der Waals surface area contributed by atoms with Crippen LogP contribution in [0.2, 0.25) is 0 Å². The summed E-state index contributed by atoms with van der Waals surface area (Å²) in [5.74, 6) is 0.837. The maximum absolute atomic E-state index is 11.4. The van der Waals surface area contributed by atoms with Crippen LogP contribution in [0.4, 0.5) is 5.69 Å². The molecule has 0 aliphatic heterocycles. The minimum atomic E-state index is -0.0262. The highest BCUT2D eigenvalue weighted by Crippen LogP contribution is 2.33. The maximum atomic E-state index is 11.4. The quantitative estimate of drug-likeness (QED) is 0.901. The van der Waals surface area contributed by atoms with Gasteiger partial charge in [0.05, 0.1) is 18.8 Å². The number of aryl methyl sites for hydroxylation is 1. The monoisotopic (exact) mass is 270 g/mol. The highest BCUT2D eigenvalue weighted by Gasteiger charge is 2.21. The first kappa shape index (κ1) is 12.8. The number of methoxy groups -OCH3 is 1.